The maximum atomic E-state index is 13.4. The van der Waals surface area contributed by atoms with Crippen LogP contribution in [-0.2, 0) is 18.8 Å². The number of rotatable bonds is 13. The Bertz CT molecular complexity index is 1430. The third-order valence-electron chi connectivity index (χ3n) is 7.54. The number of carbonyl (C=O) groups excluding carboxylic acids is 4. The number of amides is 5. The lowest BCUT2D eigenvalue weighted by molar-refractivity contribution is -0.128. The Balaban J connectivity index is 1.40. The third-order valence-corrected chi connectivity index (χ3v) is 8.42. The van der Waals surface area contributed by atoms with Gasteiger partial charge in [-0.25, -0.2) is 9.59 Å². The number of nitrogens with two attached hydrogens (primary N) is 1. The van der Waals surface area contributed by atoms with E-state index in [1.807, 2.05) is 48.5 Å². The summed E-state index contributed by atoms with van der Waals surface area (Å²) >= 11 is 2.26. The molecule has 2 atom stereocenters. The molecule has 1 aliphatic rings. The average molecular weight is 712 g/mol. The van der Waals surface area contributed by atoms with E-state index >= 15 is 0 Å². The van der Waals surface area contributed by atoms with Crippen LogP contribution in [0.15, 0.2) is 72.8 Å². The second kappa shape index (κ2) is 15.6. The Hall–Kier alpha value is -4.13. The molecule has 0 saturated carbocycles. The van der Waals surface area contributed by atoms with Gasteiger partial charge in [0.05, 0.1) is 0 Å². The van der Waals surface area contributed by atoms with Crippen molar-refractivity contribution in [3.63, 3.8) is 0 Å². The number of halogens is 1. The number of hydrogen-bond acceptors (Lipinski definition) is 5. The van der Waals surface area contributed by atoms with Crippen molar-refractivity contribution in [1.82, 2.24) is 16.0 Å². The van der Waals surface area contributed by atoms with Crippen LogP contribution in [-0.4, -0.2) is 49.2 Å². The van der Waals surface area contributed by atoms with Crippen LogP contribution in [0, 0.1) is 5.92 Å². The summed E-state index contributed by atoms with van der Waals surface area (Å²) in [6.07, 6.45) is -0.0940. The molecule has 0 bridgehead atoms. The number of nitrogens with one attached hydrogen (secondary N) is 4. The van der Waals surface area contributed by atoms with Gasteiger partial charge in [0.1, 0.15) is 18.7 Å². The average Bonchev–Trinajstić information content (AvgIpc) is 3.33. The predicted octanol–water partition coefficient (Wildman–Crippen LogP) is 5.06. The molecule has 0 fully saturated rings. The standard InChI is InChI=1S/C33H38IN5O5/c1-20(2)29(39-33(43)44-19-27-25-10-5-3-8-23(25)24-9-4-6-11-26(24)27)31(41)38-28(12-7-17-36-32(35)42)30(40)37-22-15-13-21(18-34)14-16-22/h3-6,8-11,13-16,20,27-29H,7,12,17-19H2,1-2H3,(H,37,40)(H,38,41)(H,39,43)(H3,35,36,42)/t28-,29+/m1/s1. The number of ether oxygens (including phenoxy) is 1. The molecular formula is C33H38IN5O5. The van der Waals surface area contributed by atoms with Crippen LogP contribution < -0.4 is 27.0 Å². The summed E-state index contributed by atoms with van der Waals surface area (Å²) in [6, 6.07) is 21.0. The van der Waals surface area contributed by atoms with E-state index in [0.717, 1.165) is 32.2 Å². The number of carbonyl (C=O) groups is 4. The monoisotopic (exact) mass is 711 g/mol. The number of primary amides is 1. The molecule has 0 spiro atoms. The van der Waals surface area contributed by atoms with Crippen LogP contribution in [0.3, 0.4) is 0 Å². The van der Waals surface area contributed by atoms with Crippen LogP contribution in [0.25, 0.3) is 11.1 Å². The van der Waals surface area contributed by atoms with Gasteiger partial charge in [0.25, 0.3) is 0 Å². The molecule has 0 aromatic heterocycles. The van der Waals surface area contributed by atoms with Gasteiger partial charge in [-0.1, -0.05) is 97.1 Å². The number of benzene rings is 3. The number of urea groups is 1. The maximum Gasteiger partial charge on any atom is 0.407 e. The summed E-state index contributed by atoms with van der Waals surface area (Å²) in [5.74, 6) is -1.34. The molecule has 11 heteroatoms. The van der Waals surface area contributed by atoms with Gasteiger partial charge in [-0.15, -0.1) is 0 Å². The summed E-state index contributed by atoms with van der Waals surface area (Å²) in [6.45, 7) is 3.95. The molecule has 4 rings (SSSR count). The van der Waals surface area contributed by atoms with Crippen molar-refractivity contribution in [1.29, 1.82) is 0 Å². The van der Waals surface area contributed by atoms with Crippen LogP contribution in [0.4, 0.5) is 15.3 Å². The lowest BCUT2D eigenvalue weighted by Gasteiger charge is -2.25. The molecule has 6 N–H and O–H groups in total. The summed E-state index contributed by atoms with van der Waals surface area (Å²) in [5.41, 5.74) is 11.3. The fourth-order valence-corrected chi connectivity index (χ4v) is 5.77. The summed E-state index contributed by atoms with van der Waals surface area (Å²) < 4.78 is 6.50. The van der Waals surface area contributed by atoms with E-state index in [1.165, 1.54) is 0 Å². The van der Waals surface area contributed by atoms with Crippen LogP contribution in [0.2, 0.25) is 0 Å². The normalized spacial score (nSPS) is 13.3. The highest BCUT2D eigenvalue weighted by Crippen LogP contribution is 2.44. The Labute approximate surface area is 271 Å². The van der Waals surface area contributed by atoms with Crippen molar-refractivity contribution in [3.05, 3.63) is 89.5 Å². The quantitative estimate of drug-likeness (QED) is 0.0955. The number of fused-ring (bicyclic) bond motifs is 3. The highest BCUT2D eigenvalue weighted by molar-refractivity contribution is 14.1. The van der Waals surface area contributed by atoms with Gasteiger partial charge >= 0.3 is 12.1 Å². The topological polar surface area (TPSA) is 152 Å². The van der Waals surface area contributed by atoms with Crippen molar-refractivity contribution in [2.75, 3.05) is 18.5 Å². The van der Waals surface area contributed by atoms with E-state index in [0.29, 0.717) is 12.1 Å². The lowest BCUT2D eigenvalue weighted by Crippen LogP contribution is -2.54. The van der Waals surface area contributed by atoms with Gasteiger partial charge in [0, 0.05) is 22.6 Å². The van der Waals surface area contributed by atoms with Crippen molar-refractivity contribution >= 4 is 52.2 Å². The second-order valence-corrected chi connectivity index (χ2v) is 11.8. The molecule has 0 saturated heterocycles. The fraction of sp³-hybridized carbons (Fsp3) is 0.333. The number of alkyl carbamates (subject to hydrolysis) is 1. The Kier molecular flexibility index (Phi) is 11.6. The Morgan fingerprint density at radius 1 is 0.864 bits per heavy atom. The largest absolute Gasteiger partial charge is 0.449 e. The Morgan fingerprint density at radius 3 is 2.05 bits per heavy atom. The van der Waals surface area contributed by atoms with Gasteiger partial charge in [-0.2, -0.15) is 0 Å². The first-order valence-corrected chi connectivity index (χ1v) is 16.1. The molecule has 0 radical (unpaired) electrons. The summed E-state index contributed by atoms with van der Waals surface area (Å²) in [4.78, 5) is 50.8. The van der Waals surface area contributed by atoms with Gasteiger partial charge in [0.2, 0.25) is 11.8 Å². The van der Waals surface area contributed by atoms with Crippen LogP contribution >= 0.6 is 22.6 Å². The smallest absolute Gasteiger partial charge is 0.407 e. The summed E-state index contributed by atoms with van der Waals surface area (Å²) in [7, 11) is 0. The van der Waals surface area contributed by atoms with E-state index in [9.17, 15) is 19.2 Å². The molecule has 5 amide bonds. The molecule has 3 aromatic carbocycles. The third kappa shape index (κ3) is 8.49. The number of anilines is 1. The van der Waals surface area contributed by atoms with Crippen molar-refractivity contribution in [2.24, 2.45) is 11.7 Å². The van der Waals surface area contributed by atoms with Crippen molar-refractivity contribution in [3.8, 4) is 11.1 Å². The van der Waals surface area contributed by atoms with E-state index < -0.39 is 36.0 Å². The van der Waals surface area contributed by atoms with Crippen molar-refractivity contribution in [2.45, 2.75) is 49.1 Å². The zero-order chi connectivity index (χ0) is 31.6. The SMILES string of the molecule is CC(C)[C@H](NC(=O)OCC1c2ccccc2-c2ccccc21)C(=O)N[C@H](CCCNC(N)=O)C(=O)Nc1ccc(CI)cc1. The minimum atomic E-state index is -0.951. The molecule has 232 valence electrons. The molecule has 1 aliphatic carbocycles. The maximum absolute atomic E-state index is 13.4. The van der Waals surface area contributed by atoms with E-state index in [1.54, 1.807) is 26.0 Å². The zero-order valence-corrected chi connectivity index (χ0v) is 26.9. The molecule has 3 aromatic rings. The highest BCUT2D eigenvalue weighted by atomic mass is 127. The van der Waals surface area contributed by atoms with Gasteiger partial charge < -0.3 is 31.7 Å². The van der Waals surface area contributed by atoms with Crippen molar-refractivity contribution < 1.29 is 23.9 Å². The first kappa shape index (κ1) is 32.8. The molecule has 0 unspecified atom stereocenters. The molecule has 10 nitrogen and oxygen atoms in total. The Morgan fingerprint density at radius 2 is 1.48 bits per heavy atom. The first-order chi connectivity index (χ1) is 21.2. The van der Waals surface area contributed by atoms with Gasteiger partial charge in [-0.3, -0.25) is 9.59 Å². The second-order valence-electron chi connectivity index (χ2n) is 11.0. The predicted molar refractivity (Wildman–Crippen MR) is 178 cm³/mol. The summed E-state index contributed by atoms with van der Waals surface area (Å²) in [5, 5.41) is 10.8. The number of alkyl halides is 1. The van der Waals surface area contributed by atoms with E-state index in [2.05, 4.69) is 56.0 Å². The molecule has 44 heavy (non-hydrogen) atoms. The molecule has 0 heterocycles. The molecular weight excluding hydrogens is 673 g/mol. The fourth-order valence-electron chi connectivity index (χ4n) is 5.26. The van der Waals surface area contributed by atoms with E-state index in [4.69, 9.17) is 10.5 Å². The minimum absolute atomic E-state index is 0.112. The first-order valence-electron chi connectivity index (χ1n) is 14.6. The molecule has 0 aliphatic heterocycles. The van der Waals surface area contributed by atoms with Crippen LogP contribution in [0.1, 0.15) is 49.3 Å². The zero-order valence-electron chi connectivity index (χ0n) is 24.8. The van der Waals surface area contributed by atoms with Gasteiger partial charge in [0.15, 0.2) is 0 Å². The van der Waals surface area contributed by atoms with E-state index in [-0.39, 0.29) is 31.4 Å². The number of hydrogen-bond donors (Lipinski definition) is 5. The van der Waals surface area contributed by atoms with Crippen LogP contribution in [0.5, 0.6) is 0 Å². The minimum Gasteiger partial charge on any atom is -0.449 e. The van der Waals surface area contributed by atoms with Gasteiger partial charge in [-0.05, 0) is 58.7 Å². The lowest BCUT2D eigenvalue weighted by atomic mass is 9.98. The highest BCUT2D eigenvalue weighted by Gasteiger charge is 2.32.